The second-order valence-electron chi connectivity index (χ2n) is 5.35. The van der Waals surface area contributed by atoms with Crippen LogP contribution in [0.15, 0.2) is 47.6 Å². The second-order valence-corrected chi connectivity index (χ2v) is 7.24. The van der Waals surface area contributed by atoms with Crippen LogP contribution >= 0.6 is 0 Å². The second kappa shape index (κ2) is 6.10. The Kier molecular flexibility index (Phi) is 4.14. The molecule has 7 heteroatoms. The molecular formula is C16H17N3O3S. The van der Waals surface area contributed by atoms with Crippen molar-refractivity contribution in [2.75, 3.05) is 13.6 Å². The van der Waals surface area contributed by atoms with E-state index in [-0.39, 0.29) is 10.8 Å². The molecule has 6 nitrogen and oxygen atoms in total. The van der Waals surface area contributed by atoms with Crippen LogP contribution in [0.4, 0.5) is 0 Å². The molecule has 0 saturated carbocycles. The third kappa shape index (κ3) is 3.11. The minimum atomic E-state index is -3.48. The molecule has 3 rings (SSSR count). The Bertz CT molecular complexity index is 835. The van der Waals surface area contributed by atoms with Crippen molar-refractivity contribution in [3.8, 4) is 0 Å². The van der Waals surface area contributed by atoms with Crippen LogP contribution in [-0.2, 0) is 23.0 Å². The first-order valence-corrected chi connectivity index (χ1v) is 8.74. The normalized spacial score (nSPS) is 14.4. The van der Waals surface area contributed by atoms with Crippen molar-refractivity contribution >= 4 is 15.9 Å². The van der Waals surface area contributed by atoms with E-state index >= 15 is 0 Å². The highest BCUT2D eigenvalue weighted by molar-refractivity contribution is 7.89. The number of carbonyl (C=O) groups is 1. The Hall–Kier alpha value is -2.25. The SMILES string of the molecule is CNS(=O)(=O)c1ccc2c(c1)CN(C(=O)c1ccncc1)CC2. The van der Waals surface area contributed by atoms with Gasteiger partial charge in [-0.15, -0.1) is 0 Å². The molecule has 0 bridgehead atoms. The van der Waals surface area contributed by atoms with E-state index in [0.717, 1.165) is 11.1 Å². The van der Waals surface area contributed by atoms with Crippen molar-refractivity contribution in [2.45, 2.75) is 17.9 Å². The van der Waals surface area contributed by atoms with Crippen LogP contribution in [0.3, 0.4) is 0 Å². The highest BCUT2D eigenvalue weighted by Crippen LogP contribution is 2.23. The first-order valence-electron chi connectivity index (χ1n) is 7.26. The number of nitrogens with one attached hydrogen (secondary N) is 1. The zero-order valence-corrected chi connectivity index (χ0v) is 13.5. The third-order valence-corrected chi connectivity index (χ3v) is 5.40. The maximum atomic E-state index is 12.5. The fraction of sp³-hybridized carbons (Fsp3) is 0.250. The number of benzene rings is 1. The monoisotopic (exact) mass is 331 g/mol. The quantitative estimate of drug-likeness (QED) is 0.916. The number of aromatic nitrogens is 1. The average Bonchev–Trinajstić information content (AvgIpc) is 2.60. The Balaban J connectivity index is 1.88. The van der Waals surface area contributed by atoms with E-state index in [1.165, 1.54) is 7.05 Å². The number of pyridine rings is 1. The number of nitrogens with zero attached hydrogens (tertiary/aromatic N) is 2. The van der Waals surface area contributed by atoms with Crippen LogP contribution in [0.2, 0.25) is 0 Å². The molecule has 1 aromatic heterocycles. The summed E-state index contributed by atoms with van der Waals surface area (Å²) in [6, 6.07) is 8.44. The Morgan fingerprint density at radius 1 is 1.17 bits per heavy atom. The third-order valence-electron chi connectivity index (χ3n) is 3.98. The number of hydrogen-bond donors (Lipinski definition) is 1. The van der Waals surface area contributed by atoms with Crippen LogP contribution in [0.25, 0.3) is 0 Å². The lowest BCUT2D eigenvalue weighted by Gasteiger charge is -2.29. The Morgan fingerprint density at radius 3 is 2.61 bits per heavy atom. The lowest BCUT2D eigenvalue weighted by molar-refractivity contribution is 0.0734. The highest BCUT2D eigenvalue weighted by atomic mass is 32.2. The number of sulfonamides is 1. The van der Waals surface area contributed by atoms with Gasteiger partial charge in [0.25, 0.3) is 5.91 Å². The summed E-state index contributed by atoms with van der Waals surface area (Å²) in [5.41, 5.74) is 2.54. The van der Waals surface area contributed by atoms with Crippen LogP contribution in [-0.4, -0.2) is 37.8 Å². The summed E-state index contributed by atoms with van der Waals surface area (Å²) in [6.45, 7) is 1.02. The maximum Gasteiger partial charge on any atom is 0.254 e. The minimum Gasteiger partial charge on any atom is -0.334 e. The Labute approximate surface area is 135 Å². The zero-order chi connectivity index (χ0) is 16.4. The smallest absolute Gasteiger partial charge is 0.254 e. The summed E-state index contributed by atoms with van der Waals surface area (Å²) >= 11 is 0. The predicted molar refractivity (Wildman–Crippen MR) is 85.4 cm³/mol. The first-order chi connectivity index (χ1) is 11.0. The van der Waals surface area contributed by atoms with Crippen molar-refractivity contribution in [3.63, 3.8) is 0 Å². The summed E-state index contributed by atoms with van der Waals surface area (Å²) < 4.78 is 26.2. The molecule has 1 amide bonds. The van der Waals surface area contributed by atoms with E-state index in [1.807, 2.05) is 6.07 Å². The molecule has 0 saturated heterocycles. The summed E-state index contributed by atoms with van der Waals surface area (Å²) in [5, 5.41) is 0. The van der Waals surface area contributed by atoms with Crippen molar-refractivity contribution in [1.29, 1.82) is 0 Å². The molecular weight excluding hydrogens is 314 g/mol. The van der Waals surface area contributed by atoms with Gasteiger partial charge in [-0.1, -0.05) is 6.07 Å². The highest BCUT2D eigenvalue weighted by Gasteiger charge is 2.23. The van der Waals surface area contributed by atoms with Gasteiger partial charge in [0, 0.05) is 31.0 Å². The molecule has 0 unspecified atom stereocenters. The number of rotatable bonds is 3. The van der Waals surface area contributed by atoms with Gasteiger partial charge in [0.05, 0.1) is 4.90 Å². The molecule has 23 heavy (non-hydrogen) atoms. The van der Waals surface area contributed by atoms with Crippen molar-refractivity contribution in [3.05, 3.63) is 59.4 Å². The van der Waals surface area contributed by atoms with E-state index in [1.54, 1.807) is 41.6 Å². The summed E-state index contributed by atoms with van der Waals surface area (Å²) in [7, 11) is -2.10. The van der Waals surface area contributed by atoms with Crippen LogP contribution < -0.4 is 4.72 Å². The fourth-order valence-electron chi connectivity index (χ4n) is 2.67. The molecule has 0 atom stereocenters. The topological polar surface area (TPSA) is 79.4 Å². The number of amides is 1. The predicted octanol–water partition coefficient (Wildman–Crippen LogP) is 1.19. The van der Waals surface area contributed by atoms with Gasteiger partial charge >= 0.3 is 0 Å². The molecule has 2 aromatic rings. The van der Waals surface area contributed by atoms with E-state index in [2.05, 4.69) is 9.71 Å². The van der Waals surface area contributed by atoms with Crippen LogP contribution in [0, 0.1) is 0 Å². The van der Waals surface area contributed by atoms with Gasteiger partial charge in [-0.25, -0.2) is 13.1 Å². The van der Waals surface area contributed by atoms with Gasteiger partial charge in [-0.3, -0.25) is 9.78 Å². The lowest BCUT2D eigenvalue weighted by Crippen LogP contribution is -2.36. The molecule has 1 aliphatic rings. The molecule has 1 aliphatic heterocycles. The van der Waals surface area contributed by atoms with Crippen LogP contribution in [0.1, 0.15) is 21.5 Å². The minimum absolute atomic E-state index is 0.0695. The van der Waals surface area contributed by atoms with Crippen molar-refractivity contribution in [2.24, 2.45) is 0 Å². The van der Waals surface area contributed by atoms with E-state index in [9.17, 15) is 13.2 Å². The maximum absolute atomic E-state index is 12.5. The van der Waals surface area contributed by atoms with Gasteiger partial charge in [-0.2, -0.15) is 0 Å². The van der Waals surface area contributed by atoms with Crippen molar-refractivity contribution in [1.82, 2.24) is 14.6 Å². The van der Waals surface area contributed by atoms with Gasteiger partial charge in [0.1, 0.15) is 0 Å². The number of fused-ring (bicyclic) bond motifs is 1. The first kappa shape index (κ1) is 15.6. The molecule has 2 heterocycles. The van der Waals surface area contributed by atoms with E-state index in [4.69, 9.17) is 0 Å². The number of hydrogen-bond acceptors (Lipinski definition) is 4. The molecule has 1 N–H and O–H groups in total. The number of carbonyl (C=O) groups excluding carboxylic acids is 1. The van der Waals surface area contributed by atoms with Gasteiger partial charge < -0.3 is 4.90 Å². The lowest BCUT2D eigenvalue weighted by atomic mass is 9.99. The Morgan fingerprint density at radius 2 is 1.91 bits per heavy atom. The fourth-order valence-corrected chi connectivity index (χ4v) is 3.45. The van der Waals surface area contributed by atoms with Crippen molar-refractivity contribution < 1.29 is 13.2 Å². The van der Waals surface area contributed by atoms with Gasteiger partial charge in [0.2, 0.25) is 10.0 Å². The molecule has 0 fully saturated rings. The summed E-state index contributed by atoms with van der Waals surface area (Å²) in [5.74, 6) is -0.0695. The average molecular weight is 331 g/mol. The van der Waals surface area contributed by atoms with Crippen LogP contribution in [0.5, 0.6) is 0 Å². The molecule has 0 spiro atoms. The van der Waals surface area contributed by atoms with Gasteiger partial charge in [-0.05, 0) is 48.9 Å². The molecule has 120 valence electrons. The zero-order valence-electron chi connectivity index (χ0n) is 12.7. The van der Waals surface area contributed by atoms with E-state index in [0.29, 0.717) is 25.1 Å². The van der Waals surface area contributed by atoms with E-state index < -0.39 is 10.0 Å². The largest absolute Gasteiger partial charge is 0.334 e. The summed E-state index contributed by atoms with van der Waals surface area (Å²) in [4.78, 5) is 18.4. The molecule has 1 aromatic carbocycles. The molecule has 0 radical (unpaired) electrons. The molecule has 0 aliphatic carbocycles. The summed E-state index contributed by atoms with van der Waals surface area (Å²) in [6.07, 6.45) is 3.89. The standard InChI is InChI=1S/C16H17N3O3S/c1-17-23(21,22)15-3-2-12-6-9-19(11-14(12)10-15)16(20)13-4-7-18-8-5-13/h2-5,7-8,10,17H,6,9,11H2,1H3. The van der Waals surface area contributed by atoms with Gasteiger partial charge in [0.15, 0.2) is 0 Å².